The van der Waals surface area contributed by atoms with Crippen molar-refractivity contribution in [2.24, 2.45) is 0 Å². The Hall–Kier alpha value is -1.89. The third kappa shape index (κ3) is 5.04. The maximum Gasteiger partial charge on any atom is 0.238 e. The molecule has 1 aliphatic heterocycles. The van der Waals surface area contributed by atoms with E-state index in [-0.39, 0.29) is 17.8 Å². The van der Waals surface area contributed by atoms with Crippen molar-refractivity contribution in [1.82, 2.24) is 4.90 Å². The molecule has 1 amide bonds. The number of anilines is 1. The summed E-state index contributed by atoms with van der Waals surface area (Å²) in [4.78, 5) is 15.5. The second-order valence-electron chi connectivity index (χ2n) is 5.92. The minimum atomic E-state index is -0.261. The summed E-state index contributed by atoms with van der Waals surface area (Å²) in [6, 6.07) is 14.1. The maximum absolute atomic E-state index is 13.1. The first-order valence-corrected chi connectivity index (χ1v) is 9.40. The van der Waals surface area contributed by atoms with Gasteiger partial charge in [-0.05, 0) is 48.2 Å². The Morgan fingerprint density at radius 2 is 1.96 bits per heavy atom. The number of hydrogen-bond acceptors (Lipinski definition) is 4. The number of rotatable bonds is 5. The van der Waals surface area contributed by atoms with Crippen molar-refractivity contribution in [2.75, 3.05) is 37.8 Å². The van der Waals surface area contributed by atoms with Crippen LogP contribution in [0.15, 0.2) is 53.4 Å². The second-order valence-corrected chi connectivity index (χ2v) is 6.80. The number of morpholine rings is 1. The quantitative estimate of drug-likeness (QED) is 0.828. The molecule has 1 heterocycles. The van der Waals surface area contributed by atoms with E-state index >= 15 is 0 Å². The van der Waals surface area contributed by atoms with Crippen LogP contribution >= 0.6 is 11.8 Å². The lowest BCUT2D eigenvalue weighted by atomic mass is 10.1. The number of halogens is 1. The molecule has 25 heavy (non-hydrogen) atoms. The van der Waals surface area contributed by atoms with Crippen LogP contribution in [0.25, 0.3) is 0 Å². The monoisotopic (exact) mass is 360 g/mol. The van der Waals surface area contributed by atoms with E-state index in [1.807, 2.05) is 30.5 Å². The van der Waals surface area contributed by atoms with Crippen molar-refractivity contribution in [1.29, 1.82) is 0 Å². The zero-order chi connectivity index (χ0) is 17.6. The highest BCUT2D eigenvalue weighted by atomic mass is 32.2. The number of carbonyl (C=O) groups is 1. The summed E-state index contributed by atoms with van der Waals surface area (Å²) in [5.41, 5.74) is 1.73. The summed E-state index contributed by atoms with van der Waals surface area (Å²) in [5, 5.41) is 2.92. The van der Waals surface area contributed by atoms with E-state index in [2.05, 4.69) is 10.2 Å². The van der Waals surface area contributed by atoms with Crippen molar-refractivity contribution in [3.8, 4) is 0 Å². The lowest BCUT2D eigenvalue weighted by molar-refractivity contribution is -0.119. The first kappa shape index (κ1) is 17.9. The molecule has 2 aromatic carbocycles. The number of ether oxygens (including phenoxy) is 1. The van der Waals surface area contributed by atoms with Gasteiger partial charge in [-0.1, -0.05) is 12.1 Å². The minimum absolute atomic E-state index is 0.0448. The van der Waals surface area contributed by atoms with Crippen LogP contribution in [0.3, 0.4) is 0 Å². The van der Waals surface area contributed by atoms with Crippen molar-refractivity contribution >= 4 is 23.4 Å². The number of amides is 1. The molecular weight excluding hydrogens is 339 g/mol. The smallest absolute Gasteiger partial charge is 0.238 e. The van der Waals surface area contributed by atoms with Gasteiger partial charge in [0.1, 0.15) is 5.82 Å². The summed E-state index contributed by atoms with van der Waals surface area (Å²) in [6.45, 7) is 2.18. The van der Waals surface area contributed by atoms with E-state index < -0.39 is 0 Å². The van der Waals surface area contributed by atoms with E-state index in [0.29, 0.717) is 26.2 Å². The van der Waals surface area contributed by atoms with E-state index in [0.717, 1.165) is 16.1 Å². The van der Waals surface area contributed by atoms with Crippen LogP contribution in [0, 0.1) is 5.82 Å². The molecule has 1 unspecified atom stereocenters. The predicted octanol–water partition coefficient (Wildman–Crippen LogP) is 3.56. The summed E-state index contributed by atoms with van der Waals surface area (Å²) in [6.07, 6.45) is 1.88. The molecule has 0 spiro atoms. The fourth-order valence-electron chi connectivity index (χ4n) is 2.80. The average Bonchev–Trinajstić information content (AvgIpc) is 2.63. The molecule has 0 radical (unpaired) electrons. The minimum Gasteiger partial charge on any atom is -0.371 e. The summed E-state index contributed by atoms with van der Waals surface area (Å²) >= 11 is 1.67. The van der Waals surface area contributed by atoms with Crippen LogP contribution in [-0.4, -0.2) is 43.3 Å². The molecule has 132 valence electrons. The number of nitrogens with zero attached hydrogens (tertiary/aromatic N) is 1. The van der Waals surface area contributed by atoms with Crippen LogP contribution in [0.5, 0.6) is 0 Å². The van der Waals surface area contributed by atoms with Gasteiger partial charge in [0.15, 0.2) is 0 Å². The Bertz CT molecular complexity index is 706. The lowest BCUT2D eigenvalue weighted by Crippen LogP contribution is -2.42. The van der Waals surface area contributed by atoms with E-state index in [1.165, 1.54) is 12.1 Å². The van der Waals surface area contributed by atoms with E-state index in [9.17, 15) is 9.18 Å². The molecular formula is C19H21FN2O2S. The Kier molecular flexibility index (Phi) is 6.07. The Labute approximate surface area is 151 Å². The van der Waals surface area contributed by atoms with Crippen molar-refractivity contribution < 1.29 is 13.9 Å². The van der Waals surface area contributed by atoms with Gasteiger partial charge in [-0.3, -0.25) is 9.69 Å². The molecule has 1 atom stereocenters. The van der Waals surface area contributed by atoms with Crippen LogP contribution < -0.4 is 5.32 Å². The molecule has 1 aliphatic rings. The normalized spacial score (nSPS) is 18.1. The van der Waals surface area contributed by atoms with Crippen molar-refractivity contribution in [2.45, 2.75) is 11.0 Å². The molecule has 0 saturated carbocycles. The Morgan fingerprint density at radius 3 is 2.64 bits per heavy atom. The van der Waals surface area contributed by atoms with Crippen molar-refractivity contribution in [3.63, 3.8) is 0 Å². The topological polar surface area (TPSA) is 41.6 Å². The number of benzene rings is 2. The zero-order valence-electron chi connectivity index (χ0n) is 14.1. The third-order valence-electron chi connectivity index (χ3n) is 4.13. The summed E-state index contributed by atoms with van der Waals surface area (Å²) < 4.78 is 18.8. The van der Waals surface area contributed by atoms with E-state index in [1.54, 1.807) is 23.9 Å². The molecule has 0 bridgehead atoms. The SMILES string of the molecule is CSc1ccc(NC(=O)CN2CCOC(c3ccc(F)cc3)C2)cc1. The molecule has 1 saturated heterocycles. The molecule has 0 aromatic heterocycles. The number of hydrogen-bond donors (Lipinski definition) is 1. The molecule has 3 rings (SSSR count). The third-order valence-corrected chi connectivity index (χ3v) is 4.88. The van der Waals surface area contributed by atoms with Gasteiger partial charge in [0.25, 0.3) is 0 Å². The highest BCUT2D eigenvalue weighted by molar-refractivity contribution is 7.98. The van der Waals surface area contributed by atoms with Gasteiger partial charge in [-0.15, -0.1) is 11.8 Å². The highest BCUT2D eigenvalue weighted by Crippen LogP contribution is 2.22. The molecule has 6 heteroatoms. The van der Waals surface area contributed by atoms with Crippen LogP contribution in [0.2, 0.25) is 0 Å². The van der Waals surface area contributed by atoms with Gasteiger partial charge < -0.3 is 10.1 Å². The zero-order valence-corrected chi connectivity index (χ0v) is 14.9. The molecule has 0 aliphatic carbocycles. The Balaban J connectivity index is 1.54. The Morgan fingerprint density at radius 1 is 1.24 bits per heavy atom. The number of carbonyl (C=O) groups excluding carboxylic acids is 1. The number of nitrogens with one attached hydrogen (secondary N) is 1. The van der Waals surface area contributed by atoms with Crippen LogP contribution in [-0.2, 0) is 9.53 Å². The summed E-state index contributed by atoms with van der Waals surface area (Å²) in [5.74, 6) is -0.306. The molecule has 1 fully saturated rings. The lowest BCUT2D eigenvalue weighted by Gasteiger charge is -2.32. The van der Waals surface area contributed by atoms with Crippen LogP contribution in [0.1, 0.15) is 11.7 Å². The maximum atomic E-state index is 13.1. The van der Waals surface area contributed by atoms with Crippen LogP contribution in [0.4, 0.5) is 10.1 Å². The molecule has 4 nitrogen and oxygen atoms in total. The van der Waals surface area contributed by atoms with E-state index in [4.69, 9.17) is 4.74 Å². The largest absolute Gasteiger partial charge is 0.371 e. The first-order valence-electron chi connectivity index (χ1n) is 8.17. The standard InChI is InChI=1S/C19H21FN2O2S/c1-25-17-8-6-16(7-9-17)21-19(23)13-22-10-11-24-18(12-22)14-2-4-15(20)5-3-14/h2-9,18H,10-13H2,1H3,(H,21,23). The molecule has 1 N–H and O–H groups in total. The van der Waals surface area contributed by atoms with Gasteiger partial charge in [0.2, 0.25) is 5.91 Å². The molecule has 2 aromatic rings. The van der Waals surface area contributed by atoms with Gasteiger partial charge in [-0.25, -0.2) is 4.39 Å². The van der Waals surface area contributed by atoms with Gasteiger partial charge >= 0.3 is 0 Å². The fourth-order valence-corrected chi connectivity index (χ4v) is 3.21. The second kappa shape index (κ2) is 8.47. The summed E-state index contributed by atoms with van der Waals surface area (Å²) in [7, 11) is 0. The van der Waals surface area contributed by atoms with Gasteiger partial charge in [0.05, 0.1) is 19.3 Å². The fraction of sp³-hybridized carbons (Fsp3) is 0.316. The first-order chi connectivity index (χ1) is 12.1. The predicted molar refractivity (Wildman–Crippen MR) is 98.4 cm³/mol. The van der Waals surface area contributed by atoms with Crippen molar-refractivity contribution in [3.05, 3.63) is 59.9 Å². The highest BCUT2D eigenvalue weighted by Gasteiger charge is 2.23. The van der Waals surface area contributed by atoms with Gasteiger partial charge in [0, 0.05) is 23.7 Å². The average molecular weight is 360 g/mol. The number of thioether (sulfide) groups is 1. The van der Waals surface area contributed by atoms with Gasteiger partial charge in [-0.2, -0.15) is 0 Å².